The number of aromatic nitrogens is 1. The molecular weight excluding hydrogens is 286 g/mol. The SMILES string of the molecule is Cc1cc(F)ccc1C(NN)c1cnccc1C(F)(F)F. The third-order valence-corrected chi connectivity index (χ3v) is 3.18. The number of nitrogens with zero attached hydrogens (tertiary/aromatic N) is 1. The van der Waals surface area contributed by atoms with Crippen LogP contribution in [0.1, 0.15) is 28.3 Å². The number of aryl methyl sites for hydroxylation is 1. The van der Waals surface area contributed by atoms with Crippen molar-refractivity contribution in [3.8, 4) is 0 Å². The molecule has 1 heterocycles. The van der Waals surface area contributed by atoms with Gasteiger partial charge in [-0.25, -0.2) is 9.82 Å². The van der Waals surface area contributed by atoms with Crippen LogP contribution in [-0.4, -0.2) is 4.98 Å². The fraction of sp³-hybridized carbons (Fsp3) is 0.214. The first-order valence-corrected chi connectivity index (χ1v) is 6.08. The van der Waals surface area contributed by atoms with Gasteiger partial charge in [-0.2, -0.15) is 13.2 Å². The number of nitrogens with one attached hydrogen (secondary N) is 1. The molecule has 1 aromatic heterocycles. The molecule has 21 heavy (non-hydrogen) atoms. The van der Waals surface area contributed by atoms with Gasteiger partial charge in [-0.1, -0.05) is 6.07 Å². The van der Waals surface area contributed by atoms with Crippen LogP contribution in [0.25, 0.3) is 0 Å². The van der Waals surface area contributed by atoms with Gasteiger partial charge in [0.15, 0.2) is 0 Å². The largest absolute Gasteiger partial charge is 0.416 e. The van der Waals surface area contributed by atoms with Crippen molar-refractivity contribution in [3.63, 3.8) is 0 Å². The van der Waals surface area contributed by atoms with Crippen molar-refractivity contribution in [1.82, 2.24) is 10.4 Å². The molecule has 2 rings (SSSR count). The quantitative estimate of drug-likeness (QED) is 0.520. The summed E-state index contributed by atoms with van der Waals surface area (Å²) in [6.07, 6.45) is -2.35. The van der Waals surface area contributed by atoms with Crippen LogP contribution in [-0.2, 0) is 6.18 Å². The number of hydrazine groups is 1. The lowest BCUT2D eigenvalue weighted by molar-refractivity contribution is -0.138. The van der Waals surface area contributed by atoms with E-state index in [1.54, 1.807) is 6.92 Å². The number of pyridine rings is 1. The maximum absolute atomic E-state index is 13.1. The normalized spacial score (nSPS) is 13.2. The van der Waals surface area contributed by atoms with Crippen molar-refractivity contribution in [2.45, 2.75) is 19.1 Å². The zero-order chi connectivity index (χ0) is 15.6. The molecule has 112 valence electrons. The molecule has 0 radical (unpaired) electrons. The van der Waals surface area contributed by atoms with Crippen LogP contribution in [0.2, 0.25) is 0 Å². The summed E-state index contributed by atoms with van der Waals surface area (Å²) >= 11 is 0. The lowest BCUT2D eigenvalue weighted by atomic mass is 9.93. The van der Waals surface area contributed by atoms with Crippen LogP contribution in [0, 0.1) is 12.7 Å². The Morgan fingerprint density at radius 1 is 1.19 bits per heavy atom. The van der Waals surface area contributed by atoms with Crippen LogP contribution < -0.4 is 11.3 Å². The highest BCUT2D eigenvalue weighted by Crippen LogP contribution is 2.36. The smallest absolute Gasteiger partial charge is 0.271 e. The van der Waals surface area contributed by atoms with Gasteiger partial charge in [-0.3, -0.25) is 10.8 Å². The van der Waals surface area contributed by atoms with Crippen molar-refractivity contribution >= 4 is 0 Å². The minimum Gasteiger partial charge on any atom is -0.271 e. The number of hydrogen-bond acceptors (Lipinski definition) is 3. The summed E-state index contributed by atoms with van der Waals surface area (Å²) < 4.78 is 52.3. The molecule has 7 heteroatoms. The lowest BCUT2D eigenvalue weighted by Crippen LogP contribution is -2.31. The van der Waals surface area contributed by atoms with E-state index in [-0.39, 0.29) is 5.56 Å². The Hall–Kier alpha value is -1.99. The topological polar surface area (TPSA) is 50.9 Å². The van der Waals surface area contributed by atoms with Gasteiger partial charge in [-0.15, -0.1) is 0 Å². The average Bonchev–Trinajstić information content (AvgIpc) is 2.41. The van der Waals surface area contributed by atoms with E-state index in [1.165, 1.54) is 18.2 Å². The number of nitrogens with two attached hydrogens (primary N) is 1. The molecule has 0 saturated carbocycles. The molecule has 1 atom stereocenters. The predicted octanol–water partition coefficient (Wildman–Crippen LogP) is 3.10. The van der Waals surface area contributed by atoms with E-state index in [1.807, 2.05) is 0 Å². The molecule has 0 spiro atoms. The molecule has 0 bridgehead atoms. The van der Waals surface area contributed by atoms with Gasteiger partial charge in [0.1, 0.15) is 5.82 Å². The van der Waals surface area contributed by atoms with Gasteiger partial charge in [-0.05, 0) is 36.2 Å². The highest BCUT2D eigenvalue weighted by molar-refractivity contribution is 5.40. The van der Waals surface area contributed by atoms with E-state index in [4.69, 9.17) is 5.84 Å². The van der Waals surface area contributed by atoms with E-state index >= 15 is 0 Å². The Kier molecular flexibility index (Phi) is 4.24. The molecule has 3 N–H and O–H groups in total. The van der Waals surface area contributed by atoms with E-state index in [0.717, 1.165) is 18.5 Å². The fourth-order valence-electron chi connectivity index (χ4n) is 2.20. The molecular formula is C14H13F4N3. The lowest BCUT2D eigenvalue weighted by Gasteiger charge is -2.22. The van der Waals surface area contributed by atoms with E-state index in [9.17, 15) is 17.6 Å². The molecule has 1 unspecified atom stereocenters. The van der Waals surface area contributed by atoms with E-state index in [0.29, 0.717) is 11.1 Å². The second-order valence-electron chi connectivity index (χ2n) is 4.56. The molecule has 0 amide bonds. The van der Waals surface area contributed by atoms with Gasteiger partial charge >= 0.3 is 6.18 Å². The second kappa shape index (κ2) is 5.79. The van der Waals surface area contributed by atoms with Gasteiger partial charge in [0.2, 0.25) is 0 Å². The number of rotatable bonds is 3. The summed E-state index contributed by atoms with van der Waals surface area (Å²) in [7, 11) is 0. The van der Waals surface area contributed by atoms with Gasteiger partial charge in [0, 0.05) is 18.0 Å². The third-order valence-electron chi connectivity index (χ3n) is 3.18. The first-order valence-electron chi connectivity index (χ1n) is 6.08. The molecule has 0 saturated heterocycles. The first kappa shape index (κ1) is 15.4. The number of halogens is 4. The van der Waals surface area contributed by atoms with Crippen LogP contribution in [0.4, 0.5) is 17.6 Å². The molecule has 3 nitrogen and oxygen atoms in total. The zero-order valence-electron chi connectivity index (χ0n) is 11.1. The minimum atomic E-state index is -4.53. The van der Waals surface area contributed by atoms with Crippen molar-refractivity contribution in [2.24, 2.45) is 5.84 Å². The maximum atomic E-state index is 13.1. The van der Waals surface area contributed by atoms with E-state index in [2.05, 4.69) is 10.4 Å². The summed E-state index contributed by atoms with van der Waals surface area (Å²) in [5, 5.41) is 0. The monoisotopic (exact) mass is 299 g/mol. The Labute approximate surface area is 118 Å². The summed E-state index contributed by atoms with van der Waals surface area (Å²) in [4.78, 5) is 3.73. The van der Waals surface area contributed by atoms with Gasteiger partial charge in [0.05, 0.1) is 11.6 Å². The molecule has 0 aliphatic carbocycles. The molecule has 0 aliphatic rings. The highest BCUT2D eigenvalue weighted by atomic mass is 19.4. The van der Waals surface area contributed by atoms with Crippen LogP contribution in [0.5, 0.6) is 0 Å². The molecule has 0 fully saturated rings. The summed E-state index contributed by atoms with van der Waals surface area (Å²) in [6.45, 7) is 1.60. The summed E-state index contributed by atoms with van der Waals surface area (Å²) in [6, 6.07) is 3.77. The van der Waals surface area contributed by atoms with Crippen molar-refractivity contribution in [3.05, 3.63) is 64.7 Å². The Balaban J connectivity index is 2.57. The second-order valence-corrected chi connectivity index (χ2v) is 4.56. The van der Waals surface area contributed by atoms with Gasteiger partial charge < -0.3 is 0 Å². The average molecular weight is 299 g/mol. The van der Waals surface area contributed by atoms with Crippen LogP contribution in [0.3, 0.4) is 0 Å². The van der Waals surface area contributed by atoms with Crippen LogP contribution in [0.15, 0.2) is 36.7 Å². The number of alkyl halides is 3. The molecule has 1 aromatic carbocycles. The highest BCUT2D eigenvalue weighted by Gasteiger charge is 2.35. The van der Waals surface area contributed by atoms with E-state index < -0.39 is 23.6 Å². The number of benzene rings is 1. The maximum Gasteiger partial charge on any atom is 0.416 e. The molecule has 0 aliphatic heterocycles. The Morgan fingerprint density at radius 3 is 2.48 bits per heavy atom. The summed E-state index contributed by atoms with van der Waals surface area (Å²) in [5.74, 6) is 4.95. The number of hydrogen-bond donors (Lipinski definition) is 2. The standard InChI is InChI=1S/C14H13F4N3/c1-8-6-9(15)2-3-10(8)13(21-19)11-7-20-5-4-12(11)14(16,17)18/h2-7,13,21H,19H2,1H3. The predicted molar refractivity (Wildman–Crippen MR) is 69.5 cm³/mol. The zero-order valence-corrected chi connectivity index (χ0v) is 11.1. The van der Waals surface area contributed by atoms with Crippen LogP contribution >= 0.6 is 0 Å². The summed E-state index contributed by atoms with van der Waals surface area (Å²) in [5.41, 5.74) is 2.36. The third kappa shape index (κ3) is 3.20. The van der Waals surface area contributed by atoms with Crippen molar-refractivity contribution < 1.29 is 17.6 Å². The fourth-order valence-corrected chi connectivity index (χ4v) is 2.20. The van der Waals surface area contributed by atoms with Crippen molar-refractivity contribution in [2.75, 3.05) is 0 Å². The van der Waals surface area contributed by atoms with Crippen molar-refractivity contribution in [1.29, 1.82) is 0 Å². The minimum absolute atomic E-state index is 0.109. The Morgan fingerprint density at radius 2 is 1.90 bits per heavy atom. The first-order chi connectivity index (χ1) is 9.84. The molecule has 2 aromatic rings. The Bertz CT molecular complexity index is 640. The van der Waals surface area contributed by atoms with Gasteiger partial charge in [0.25, 0.3) is 0 Å².